The van der Waals surface area contributed by atoms with E-state index in [0.717, 1.165) is 42.8 Å². The Bertz CT molecular complexity index is 939. The molecule has 4 rings (SSSR count). The number of rotatable bonds is 3. The lowest BCUT2D eigenvalue weighted by molar-refractivity contribution is -0.130. The first-order chi connectivity index (χ1) is 12.6. The van der Waals surface area contributed by atoms with Crippen molar-refractivity contribution in [2.45, 2.75) is 20.3 Å². The van der Waals surface area contributed by atoms with Crippen LogP contribution < -0.4 is 4.90 Å². The largest absolute Gasteiger partial charge is 0.368 e. The number of amides is 1. The molecule has 0 radical (unpaired) electrons. The molecule has 0 bridgehead atoms. The third-order valence-corrected chi connectivity index (χ3v) is 5.32. The molecule has 1 saturated heterocycles. The number of benzene rings is 2. The third-order valence-electron chi connectivity index (χ3n) is 5.32. The Morgan fingerprint density at radius 3 is 2.62 bits per heavy atom. The van der Waals surface area contributed by atoms with Gasteiger partial charge in [0.1, 0.15) is 5.69 Å². The van der Waals surface area contributed by atoms with Gasteiger partial charge in [0.25, 0.3) is 0 Å². The smallest absolute Gasteiger partial charge is 0.228 e. The molecule has 5 heteroatoms. The van der Waals surface area contributed by atoms with Crippen molar-refractivity contribution in [3.05, 3.63) is 59.3 Å². The van der Waals surface area contributed by atoms with Gasteiger partial charge in [0.05, 0.1) is 6.42 Å². The molecular formula is C21H23N3O2. The number of fused-ring (bicyclic) bond motifs is 1. The summed E-state index contributed by atoms with van der Waals surface area (Å²) in [6, 6.07) is 14.1. The predicted octanol–water partition coefficient (Wildman–Crippen LogP) is 3.34. The van der Waals surface area contributed by atoms with E-state index >= 15 is 0 Å². The van der Waals surface area contributed by atoms with E-state index < -0.39 is 0 Å². The molecule has 134 valence electrons. The standard InChI is InChI=1S/C21H23N3O2/c1-15-6-5-8-19(16(15)2)23-10-12-24(13-11-23)21(25)14-18-17-7-3-4-9-20(17)26-22-18/h3-9H,10-14H2,1-2H3. The molecule has 0 saturated carbocycles. The van der Waals surface area contributed by atoms with Crippen LogP contribution in [0.15, 0.2) is 47.0 Å². The van der Waals surface area contributed by atoms with E-state index in [1.807, 2.05) is 29.2 Å². The predicted molar refractivity (Wildman–Crippen MR) is 102 cm³/mol. The van der Waals surface area contributed by atoms with Crippen LogP contribution in [0.2, 0.25) is 0 Å². The van der Waals surface area contributed by atoms with Crippen LogP contribution in [0, 0.1) is 13.8 Å². The topological polar surface area (TPSA) is 49.6 Å². The van der Waals surface area contributed by atoms with Gasteiger partial charge in [0, 0.05) is 37.3 Å². The zero-order valence-electron chi connectivity index (χ0n) is 15.2. The van der Waals surface area contributed by atoms with E-state index in [-0.39, 0.29) is 5.91 Å². The Morgan fingerprint density at radius 2 is 1.81 bits per heavy atom. The zero-order valence-corrected chi connectivity index (χ0v) is 15.2. The highest BCUT2D eigenvalue weighted by Gasteiger charge is 2.23. The Labute approximate surface area is 153 Å². The molecule has 0 atom stereocenters. The molecule has 2 aromatic carbocycles. The minimum Gasteiger partial charge on any atom is -0.368 e. The first-order valence-electron chi connectivity index (χ1n) is 9.06. The second kappa shape index (κ2) is 6.83. The van der Waals surface area contributed by atoms with Gasteiger partial charge >= 0.3 is 0 Å². The molecule has 1 aromatic heterocycles. The van der Waals surface area contributed by atoms with Gasteiger partial charge in [-0.1, -0.05) is 29.4 Å². The number of para-hydroxylation sites is 1. The maximum absolute atomic E-state index is 12.7. The average molecular weight is 349 g/mol. The summed E-state index contributed by atoms with van der Waals surface area (Å²) in [5.74, 6) is 0.115. The Kier molecular flexibility index (Phi) is 4.37. The summed E-state index contributed by atoms with van der Waals surface area (Å²) in [5.41, 5.74) is 5.36. The second-order valence-electron chi connectivity index (χ2n) is 6.89. The van der Waals surface area contributed by atoms with Crippen molar-refractivity contribution in [2.24, 2.45) is 0 Å². The van der Waals surface area contributed by atoms with Gasteiger partial charge in [0.2, 0.25) is 5.91 Å². The van der Waals surface area contributed by atoms with Gasteiger partial charge in [-0.15, -0.1) is 0 Å². The van der Waals surface area contributed by atoms with Gasteiger partial charge in [-0.05, 0) is 43.2 Å². The summed E-state index contributed by atoms with van der Waals surface area (Å²) in [6.07, 6.45) is 0.292. The maximum Gasteiger partial charge on any atom is 0.228 e. The molecule has 0 spiro atoms. The fourth-order valence-corrected chi connectivity index (χ4v) is 3.60. The van der Waals surface area contributed by atoms with E-state index in [1.165, 1.54) is 16.8 Å². The van der Waals surface area contributed by atoms with Gasteiger partial charge in [-0.25, -0.2) is 0 Å². The van der Waals surface area contributed by atoms with Crippen molar-refractivity contribution in [3.8, 4) is 0 Å². The molecule has 5 nitrogen and oxygen atoms in total. The number of nitrogens with zero attached hydrogens (tertiary/aromatic N) is 3. The fraction of sp³-hybridized carbons (Fsp3) is 0.333. The summed E-state index contributed by atoms with van der Waals surface area (Å²) in [7, 11) is 0. The van der Waals surface area contributed by atoms with Crippen LogP contribution in [0.5, 0.6) is 0 Å². The minimum absolute atomic E-state index is 0.115. The molecule has 2 heterocycles. The molecular weight excluding hydrogens is 326 g/mol. The van der Waals surface area contributed by atoms with Crippen molar-refractivity contribution >= 4 is 22.6 Å². The van der Waals surface area contributed by atoms with Crippen LogP contribution in [-0.4, -0.2) is 42.1 Å². The van der Waals surface area contributed by atoms with Crippen molar-refractivity contribution in [3.63, 3.8) is 0 Å². The summed E-state index contributed by atoms with van der Waals surface area (Å²) in [6.45, 7) is 7.49. The zero-order chi connectivity index (χ0) is 18.1. The molecule has 1 aliphatic rings. The Morgan fingerprint density at radius 1 is 1.04 bits per heavy atom. The lowest BCUT2D eigenvalue weighted by atomic mass is 10.1. The van der Waals surface area contributed by atoms with Gasteiger partial charge in [-0.3, -0.25) is 4.79 Å². The highest BCUT2D eigenvalue weighted by atomic mass is 16.5. The summed E-state index contributed by atoms with van der Waals surface area (Å²) in [4.78, 5) is 17.0. The van der Waals surface area contributed by atoms with E-state index in [1.54, 1.807) is 0 Å². The molecule has 3 aromatic rings. The lowest BCUT2D eigenvalue weighted by Crippen LogP contribution is -2.49. The summed E-state index contributed by atoms with van der Waals surface area (Å²) >= 11 is 0. The normalized spacial score (nSPS) is 14.8. The number of anilines is 1. The average Bonchev–Trinajstić information content (AvgIpc) is 3.07. The van der Waals surface area contributed by atoms with Crippen LogP contribution in [0.25, 0.3) is 11.0 Å². The first-order valence-corrected chi connectivity index (χ1v) is 9.06. The highest BCUT2D eigenvalue weighted by Crippen LogP contribution is 2.24. The molecule has 0 unspecified atom stereocenters. The van der Waals surface area contributed by atoms with Crippen molar-refractivity contribution in [2.75, 3.05) is 31.1 Å². The summed E-state index contributed by atoms with van der Waals surface area (Å²) in [5, 5.41) is 5.01. The van der Waals surface area contributed by atoms with E-state index in [4.69, 9.17) is 4.52 Å². The maximum atomic E-state index is 12.7. The minimum atomic E-state index is 0.115. The quantitative estimate of drug-likeness (QED) is 0.728. The lowest BCUT2D eigenvalue weighted by Gasteiger charge is -2.37. The number of hydrogen-bond acceptors (Lipinski definition) is 4. The van der Waals surface area contributed by atoms with Crippen molar-refractivity contribution < 1.29 is 9.32 Å². The van der Waals surface area contributed by atoms with Crippen molar-refractivity contribution in [1.29, 1.82) is 0 Å². The molecule has 1 fully saturated rings. The first kappa shape index (κ1) is 16.6. The second-order valence-corrected chi connectivity index (χ2v) is 6.89. The van der Waals surface area contributed by atoms with E-state index in [9.17, 15) is 4.79 Å². The molecule has 1 amide bonds. The summed E-state index contributed by atoms with van der Waals surface area (Å²) < 4.78 is 5.31. The number of carbonyl (C=O) groups is 1. The number of carbonyl (C=O) groups excluding carboxylic acids is 1. The van der Waals surface area contributed by atoms with E-state index in [2.05, 4.69) is 42.1 Å². The van der Waals surface area contributed by atoms with E-state index in [0.29, 0.717) is 6.42 Å². The van der Waals surface area contributed by atoms with Crippen LogP contribution in [0.4, 0.5) is 5.69 Å². The SMILES string of the molecule is Cc1cccc(N2CCN(C(=O)Cc3noc4ccccc34)CC2)c1C. The monoisotopic (exact) mass is 349 g/mol. The van der Waals surface area contributed by atoms with Gasteiger partial charge in [-0.2, -0.15) is 0 Å². The number of aryl methyl sites for hydroxylation is 1. The van der Waals surface area contributed by atoms with Crippen LogP contribution >= 0.6 is 0 Å². The molecule has 26 heavy (non-hydrogen) atoms. The number of aromatic nitrogens is 1. The highest BCUT2D eigenvalue weighted by molar-refractivity contribution is 5.86. The number of piperazine rings is 1. The molecule has 0 aliphatic carbocycles. The van der Waals surface area contributed by atoms with Gasteiger partial charge < -0.3 is 14.3 Å². The van der Waals surface area contributed by atoms with Crippen molar-refractivity contribution in [1.82, 2.24) is 10.1 Å². The van der Waals surface area contributed by atoms with Crippen LogP contribution in [0.1, 0.15) is 16.8 Å². The van der Waals surface area contributed by atoms with Crippen LogP contribution in [-0.2, 0) is 11.2 Å². The van der Waals surface area contributed by atoms with Gasteiger partial charge in [0.15, 0.2) is 5.58 Å². The molecule has 1 aliphatic heterocycles. The fourth-order valence-electron chi connectivity index (χ4n) is 3.60. The third kappa shape index (κ3) is 3.05. The molecule has 0 N–H and O–H groups in total. The Hall–Kier alpha value is -2.82. The van der Waals surface area contributed by atoms with Crippen LogP contribution in [0.3, 0.4) is 0 Å². The Balaban J connectivity index is 1.41. The number of hydrogen-bond donors (Lipinski definition) is 0.